The van der Waals surface area contributed by atoms with Crippen molar-refractivity contribution in [1.29, 1.82) is 0 Å². The second-order valence-electron chi connectivity index (χ2n) is 5.51. The summed E-state index contributed by atoms with van der Waals surface area (Å²) in [6, 6.07) is 0. The van der Waals surface area contributed by atoms with E-state index in [0.29, 0.717) is 37.5 Å². The Hall–Kier alpha value is -1.82. The highest BCUT2D eigenvalue weighted by Gasteiger charge is 2.29. The van der Waals surface area contributed by atoms with Crippen LogP contribution in [0.5, 0.6) is 0 Å². The molecular weight excluding hydrogens is 272 g/mol. The van der Waals surface area contributed by atoms with Crippen LogP contribution in [-0.4, -0.2) is 59.0 Å². The molecule has 2 rings (SSSR count). The van der Waals surface area contributed by atoms with Gasteiger partial charge >= 0.3 is 0 Å². The summed E-state index contributed by atoms with van der Waals surface area (Å²) in [4.78, 5) is 27.6. The number of carbonyl (C=O) groups is 2. The Balaban J connectivity index is 2.05. The van der Waals surface area contributed by atoms with Crippen molar-refractivity contribution >= 4 is 11.8 Å². The highest BCUT2D eigenvalue weighted by molar-refractivity contribution is 5.97. The summed E-state index contributed by atoms with van der Waals surface area (Å²) in [5.74, 6) is 1.07. The van der Waals surface area contributed by atoms with Crippen LogP contribution in [0.2, 0.25) is 0 Å². The van der Waals surface area contributed by atoms with Crippen LogP contribution in [0.1, 0.15) is 34.4 Å². The first-order valence-corrected chi connectivity index (χ1v) is 7.15. The summed E-state index contributed by atoms with van der Waals surface area (Å²) >= 11 is 0. The lowest BCUT2D eigenvalue weighted by atomic mass is 10.1. The van der Waals surface area contributed by atoms with Crippen LogP contribution >= 0.6 is 0 Å². The molecule has 0 aromatic carbocycles. The fourth-order valence-electron chi connectivity index (χ4n) is 2.66. The summed E-state index contributed by atoms with van der Waals surface area (Å²) in [6.07, 6.45) is -0.992. The Morgan fingerprint density at radius 2 is 1.57 bits per heavy atom. The fourth-order valence-corrected chi connectivity index (χ4v) is 2.66. The Labute approximate surface area is 124 Å². The molecule has 1 aliphatic rings. The molecule has 6 heteroatoms. The van der Waals surface area contributed by atoms with Gasteiger partial charge in [-0.05, 0) is 27.7 Å². The Morgan fingerprint density at radius 3 is 2.00 bits per heavy atom. The number of piperazine rings is 1. The normalized spacial score (nSPS) is 17.0. The number of nitrogens with zero attached hydrogens (tertiary/aromatic N) is 2. The van der Waals surface area contributed by atoms with E-state index in [0.717, 1.165) is 11.3 Å². The van der Waals surface area contributed by atoms with Crippen LogP contribution in [0.15, 0.2) is 4.42 Å². The monoisotopic (exact) mass is 294 g/mol. The molecule has 2 heterocycles. The molecule has 1 saturated heterocycles. The Bertz CT molecular complexity index is 554. The van der Waals surface area contributed by atoms with Gasteiger partial charge in [-0.1, -0.05) is 0 Å². The third kappa shape index (κ3) is 2.95. The van der Waals surface area contributed by atoms with Crippen molar-refractivity contribution in [3.05, 3.63) is 22.6 Å². The predicted molar refractivity (Wildman–Crippen MR) is 77.1 cm³/mol. The van der Waals surface area contributed by atoms with Crippen molar-refractivity contribution in [3.63, 3.8) is 0 Å². The number of hydrogen-bond acceptors (Lipinski definition) is 4. The van der Waals surface area contributed by atoms with Crippen molar-refractivity contribution in [2.45, 2.75) is 33.8 Å². The van der Waals surface area contributed by atoms with E-state index in [1.54, 1.807) is 16.7 Å². The van der Waals surface area contributed by atoms with Gasteiger partial charge in [0, 0.05) is 31.7 Å². The highest BCUT2D eigenvalue weighted by Crippen LogP contribution is 2.23. The van der Waals surface area contributed by atoms with Gasteiger partial charge in [-0.3, -0.25) is 9.59 Å². The average Bonchev–Trinajstić information content (AvgIpc) is 2.70. The number of furan rings is 1. The molecule has 1 unspecified atom stereocenters. The second-order valence-corrected chi connectivity index (χ2v) is 5.51. The van der Waals surface area contributed by atoms with E-state index >= 15 is 0 Å². The van der Waals surface area contributed by atoms with Crippen LogP contribution in [0.4, 0.5) is 0 Å². The molecule has 1 aromatic rings. The Morgan fingerprint density at radius 1 is 1.05 bits per heavy atom. The van der Waals surface area contributed by atoms with Gasteiger partial charge in [-0.25, -0.2) is 0 Å². The molecule has 1 fully saturated rings. The van der Waals surface area contributed by atoms with Crippen molar-refractivity contribution in [2.24, 2.45) is 0 Å². The van der Waals surface area contributed by atoms with E-state index in [4.69, 9.17) is 4.42 Å². The molecule has 0 aliphatic carbocycles. The van der Waals surface area contributed by atoms with Gasteiger partial charge in [0.15, 0.2) is 0 Å². The maximum atomic E-state index is 12.6. The molecule has 1 aromatic heterocycles. The van der Waals surface area contributed by atoms with Gasteiger partial charge in [0.25, 0.3) is 11.8 Å². The predicted octanol–water partition coefficient (Wildman–Crippen LogP) is 0.870. The number of hydrogen-bond donors (Lipinski definition) is 1. The smallest absolute Gasteiger partial charge is 0.257 e. The minimum absolute atomic E-state index is 0.0500. The van der Waals surface area contributed by atoms with Crippen LogP contribution in [0.25, 0.3) is 0 Å². The van der Waals surface area contributed by atoms with Gasteiger partial charge in [0.05, 0.1) is 5.56 Å². The zero-order valence-corrected chi connectivity index (χ0v) is 13.0. The topological polar surface area (TPSA) is 74.0 Å². The van der Waals surface area contributed by atoms with Crippen molar-refractivity contribution in [1.82, 2.24) is 9.80 Å². The summed E-state index contributed by atoms with van der Waals surface area (Å²) in [5, 5.41) is 9.32. The fraction of sp³-hybridized carbons (Fsp3) is 0.600. The first-order chi connectivity index (χ1) is 9.82. The molecule has 1 N–H and O–H groups in total. The molecule has 2 amide bonds. The zero-order valence-electron chi connectivity index (χ0n) is 13.0. The summed E-state index contributed by atoms with van der Waals surface area (Å²) in [7, 11) is 0. The van der Waals surface area contributed by atoms with Gasteiger partial charge in [0.2, 0.25) is 0 Å². The molecular formula is C15H22N2O4. The second kappa shape index (κ2) is 5.89. The maximum Gasteiger partial charge on any atom is 0.257 e. The zero-order chi connectivity index (χ0) is 15.7. The van der Waals surface area contributed by atoms with Crippen molar-refractivity contribution < 1.29 is 19.1 Å². The maximum absolute atomic E-state index is 12.6. The highest BCUT2D eigenvalue weighted by atomic mass is 16.3. The summed E-state index contributed by atoms with van der Waals surface area (Å²) < 4.78 is 5.50. The molecule has 0 bridgehead atoms. The first-order valence-electron chi connectivity index (χ1n) is 7.15. The number of rotatable bonds is 2. The van der Waals surface area contributed by atoms with Gasteiger partial charge in [-0.2, -0.15) is 0 Å². The molecule has 21 heavy (non-hydrogen) atoms. The molecule has 0 radical (unpaired) electrons. The van der Waals surface area contributed by atoms with Crippen LogP contribution in [0.3, 0.4) is 0 Å². The third-order valence-corrected chi connectivity index (χ3v) is 4.01. The quantitative estimate of drug-likeness (QED) is 0.878. The average molecular weight is 294 g/mol. The number of amides is 2. The van der Waals surface area contributed by atoms with Gasteiger partial charge in [0.1, 0.15) is 17.6 Å². The molecule has 116 valence electrons. The van der Waals surface area contributed by atoms with E-state index in [-0.39, 0.29) is 11.8 Å². The summed E-state index contributed by atoms with van der Waals surface area (Å²) in [5.41, 5.74) is 1.50. The van der Waals surface area contributed by atoms with Crippen LogP contribution in [0, 0.1) is 20.8 Å². The van der Waals surface area contributed by atoms with Crippen molar-refractivity contribution in [3.8, 4) is 0 Å². The molecule has 1 atom stereocenters. The first kappa shape index (κ1) is 15.6. The third-order valence-electron chi connectivity index (χ3n) is 4.01. The van der Waals surface area contributed by atoms with Gasteiger partial charge < -0.3 is 19.3 Å². The van der Waals surface area contributed by atoms with Crippen LogP contribution < -0.4 is 0 Å². The van der Waals surface area contributed by atoms with E-state index in [9.17, 15) is 14.7 Å². The number of aliphatic hydroxyl groups is 1. The number of aryl methyl sites for hydroxylation is 2. The van der Waals surface area contributed by atoms with E-state index in [1.807, 2.05) is 13.8 Å². The van der Waals surface area contributed by atoms with E-state index < -0.39 is 6.10 Å². The Kier molecular flexibility index (Phi) is 4.37. The molecule has 1 aliphatic heterocycles. The lowest BCUT2D eigenvalue weighted by Gasteiger charge is -2.35. The lowest BCUT2D eigenvalue weighted by molar-refractivity contribution is -0.140. The minimum atomic E-state index is -0.992. The SMILES string of the molecule is Cc1oc(C)c(C(=O)N2CCN(C(=O)C(C)O)CC2)c1C. The number of carbonyl (C=O) groups excluding carboxylic acids is 2. The van der Waals surface area contributed by atoms with Crippen LogP contribution in [-0.2, 0) is 4.79 Å². The van der Waals surface area contributed by atoms with E-state index in [2.05, 4.69) is 0 Å². The van der Waals surface area contributed by atoms with E-state index in [1.165, 1.54) is 6.92 Å². The van der Waals surface area contributed by atoms with Gasteiger partial charge in [-0.15, -0.1) is 0 Å². The van der Waals surface area contributed by atoms with Crippen molar-refractivity contribution in [2.75, 3.05) is 26.2 Å². The largest absolute Gasteiger partial charge is 0.466 e. The number of aliphatic hydroxyl groups excluding tert-OH is 1. The minimum Gasteiger partial charge on any atom is -0.466 e. The summed E-state index contributed by atoms with van der Waals surface area (Å²) in [6.45, 7) is 8.82. The standard InChI is InChI=1S/C15H22N2O4/c1-9-11(3)21-12(4)13(9)15(20)17-7-5-16(6-8-17)14(19)10(2)18/h10,18H,5-8H2,1-4H3. The molecule has 0 saturated carbocycles. The molecule has 6 nitrogen and oxygen atoms in total. The molecule has 0 spiro atoms. The lowest BCUT2D eigenvalue weighted by Crippen LogP contribution is -2.52.